The monoisotopic (exact) mass is 179 g/mol. The van der Waals surface area contributed by atoms with Crippen LogP contribution < -0.4 is 5.48 Å². The first-order valence-corrected chi connectivity index (χ1v) is 2.96. The third-order valence-corrected chi connectivity index (χ3v) is 1.23. The topological polar surface area (TPSA) is 47.6 Å². The molecule has 64 valence electrons. The van der Waals surface area contributed by atoms with E-state index in [1.165, 1.54) is 7.11 Å². The van der Waals surface area contributed by atoms with E-state index in [1.807, 2.05) is 0 Å². The Labute approximate surface area is 70.9 Å². The average molecular weight is 180 g/mol. The zero-order chi connectivity index (χ0) is 7.40. The minimum Gasteiger partial charge on any atom is -0.466 e. The maximum atomic E-state index is 10.8. The van der Waals surface area contributed by atoms with Crippen molar-refractivity contribution < 1.29 is 14.4 Å². The summed E-state index contributed by atoms with van der Waals surface area (Å²) < 4.78 is 4.49. The number of hydrogen-bond acceptors (Lipinski definition) is 4. The van der Waals surface area contributed by atoms with Crippen LogP contribution in [-0.4, -0.2) is 26.2 Å². The van der Waals surface area contributed by atoms with Gasteiger partial charge in [0.15, 0.2) is 0 Å². The quantitative estimate of drug-likeness (QED) is 0.578. The van der Waals surface area contributed by atoms with Crippen LogP contribution in [0.3, 0.4) is 0 Å². The van der Waals surface area contributed by atoms with Crippen molar-refractivity contribution in [1.29, 1.82) is 0 Å². The van der Waals surface area contributed by atoms with Gasteiger partial charge in [-0.15, -0.1) is 12.4 Å². The van der Waals surface area contributed by atoms with Crippen LogP contribution >= 0.6 is 12.4 Å². The summed E-state index contributed by atoms with van der Waals surface area (Å²) in [6.45, 7) is 0.844. The van der Waals surface area contributed by atoms with E-state index in [9.17, 15) is 4.79 Å². The Balaban J connectivity index is 0.000001000. The predicted molar refractivity (Wildman–Crippen MR) is 41.3 cm³/mol. The number of nitrogens with one attached hydrogen (secondary N) is 1. The van der Waals surface area contributed by atoms with Gasteiger partial charge in [0.2, 0.25) is 0 Å². The molecule has 0 fully saturated rings. The Morgan fingerprint density at radius 3 is 3.00 bits per heavy atom. The molecule has 11 heavy (non-hydrogen) atoms. The standard InChI is InChI=1S/C6H9NO3.ClH/c1-9-6(8)5-2-3-10-7-4-5;/h2,7H,3-4H2,1H3;1H. The van der Waals surface area contributed by atoms with E-state index in [4.69, 9.17) is 4.84 Å². The molecule has 0 saturated carbocycles. The van der Waals surface area contributed by atoms with Crippen LogP contribution in [0.5, 0.6) is 0 Å². The fourth-order valence-electron chi connectivity index (χ4n) is 0.689. The number of methoxy groups -OCH3 is 1. The van der Waals surface area contributed by atoms with Crippen LogP contribution in [0.15, 0.2) is 11.6 Å². The molecule has 1 aliphatic rings. The second-order valence-corrected chi connectivity index (χ2v) is 1.85. The lowest BCUT2D eigenvalue weighted by molar-refractivity contribution is -0.136. The van der Waals surface area contributed by atoms with Crippen molar-refractivity contribution >= 4 is 18.4 Å². The molecule has 1 aliphatic heterocycles. The summed E-state index contributed by atoms with van der Waals surface area (Å²) in [5, 5.41) is 0. The SMILES string of the molecule is COC(=O)C1=CCONC1.Cl. The van der Waals surface area contributed by atoms with Crippen LogP contribution in [-0.2, 0) is 14.4 Å². The van der Waals surface area contributed by atoms with Crippen molar-refractivity contribution in [3.8, 4) is 0 Å². The third kappa shape index (κ3) is 2.88. The lowest BCUT2D eigenvalue weighted by Gasteiger charge is -2.11. The number of carbonyl (C=O) groups is 1. The maximum Gasteiger partial charge on any atom is 0.334 e. The number of hydroxylamine groups is 1. The van der Waals surface area contributed by atoms with Gasteiger partial charge in [0.25, 0.3) is 0 Å². The summed E-state index contributed by atoms with van der Waals surface area (Å²) in [5.74, 6) is -0.296. The van der Waals surface area contributed by atoms with Crippen molar-refractivity contribution in [3.63, 3.8) is 0 Å². The van der Waals surface area contributed by atoms with Gasteiger partial charge in [-0.25, -0.2) is 4.79 Å². The van der Waals surface area contributed by atoms with Crippen molar-refractivity contribution in [3.05, 3.63) is 11.6 Å². The van der Waals surface area contributed by atoms with Crippen LogP contribution in [0, 0.1) is 0 Å². The van der Waals surface area contributed by atoms with Gasteiger partial charge < -0.3 is 4.74 Å². The highest BCUT2D eigenvalue weighted by Crippen LogP contribution is 1.99. The molecule has 0 aromatic heterocycles. The normalized spacial score (nSPS) is 16.3. The van der Waals surface area contributed by atoms with E-state index in [2.05, 4.69) is 10.2 Å². The molecular formula is C6H10ClNO3. The summed E-state index contributed by atoms with van der Waals surface area (Å²) in [4.78, 5) is 15.5. The van der Waals surface area contributed by atoms with Crippen LogP contribution in [0.25, 0.3) is 0 Å². The molecule has 0 unspecified atom stereocenters. The van der Waals surface area contributed by atoms with Crippen LogP contribution in [0.2, 0.25) is 0 Å². The summed E-state index contributed by atoms with van der Waals surface area (Å²) in [6.07, 6.45) is 1.70. The van der Waals surface area contributed by atoms with E-state index in [-0.39, 0.29) is 18.4 Å². The van der Waals surface area contributed by atoms with Crippen molar-refractivity contribution in [2.24, 2.45) is 0 Å². The Morgan fingerprint density at radius 1 is 1.82 bits per heavy atom. The molecular weight excluding hydrogens is 170 g/mol. The van der Waals surface area contributed by atoms with Crippen LogP contribution in [0.4, 0.5) is 0 Å². The summed E-state index contributed by atoms with van der Waals surface area (Å²) in [5.41, 5.74) is 3.20. The van der Waals surface area contributed by atoms with Gasteiger partial charge in [0, 0.05) is 0 Å². The van der Waals surface area contributed by atoms with E-state index in [1.54, 1.807) is 6.08 Å². The van der Waals surface area contributed by atoms with Crippen molar-refractivity contribution in [2.45, 2.75) is 0 Å². The van der Waals surface area contributed by atoms with Gasteiger partial charge in [-0.1, -0.05) is 0 Å². The lowest BCUT2D eigenvalue weighted by Crippen LogP contribution is -2.26. The molecule has 0 aromatic rings. The highest BCUT2D eigenvalue weighted by molar-refractivity contribution is 5.88. The Bertz CT molecular complexity index is 169. The van der Waals surface area contributed by atoms with Crippen molar-refractivity contribution in [2.75, 3.05) is 20.3 Å². The molecule has 0 aliphatic carbocycles. The molecule has 1 rings (SSSR count). The molecule has 0 bridgehead atoms. The second kappa shape index (κ2) is 5.12. The number of hydrogen-bond donors (Lipinski definition) is 1. The maximum absolute atomic E-state index is 10.8. The number of carbonyl (C=O) groups excluding carboxylic acids is 1. The summed E-state index contributed by atoms with van der Waals surface area (Å²) in [6, 6.07) is 0. The highest BCUT2D eigenvalue weighted by Gasteiger charge is 2.11. The van der Waals surface area contributed by atoms with E-state index in [0.717, 1.165) is 0 Å². The Morgan fingerprint density at radius 2 is 2.55 bits per heavy atom. The van der Waals surface area contributed by atoms with Gasteiger partial charge in [0.05, 0.1) is 25.8 Å². The minimum atomic E-state index is -0.296. The number of ether oxygens (including phenoxy) is 1. The molecule has 0 saturated heterocycles. The van der Waals surface area contributed by atoms with Gasteiger partial charge in [-0.2, -0.15) is 5.48 Å². The molecule has 0 amide bonds. The second-order valence-electron chi connectivity index (χ2n) is 1.85. The van der Waals surface area contributed by atoms with Crippen molar-refractivity contribution in [1.82, 2.24) is 5.48 Å². The van der Waals surface area contributed by atoms with Gasteiger partial charge >= 0.3 is 5.97 Å². The molecule has 1 heterocycles. The number of rotatable bonds is 1. The first-order valence-electron chi connectivity index (χ1n) is 2.96. The average Bonchev–Trinajstić information content (AvgIpc) is 2.05. The lowest BCUT2D eigenvalue weighted by atomic mass is 10.2. The smallest absolute Gasteiger partial charge is 0.334 e. The Hall–Kier alpha value is -0.580. The number of esters is 1. The third-order valence-electron chi connectivity index (χ3n) is 1.23. The molecule has 5 heteroatoms. The minimum absolute atomic E-state index is 0. The van der Waals surface area contributed by atoms with Crippen LogP contribution in [0.1, 0.15) is 0 Å². The van der Waals surface area contributed by atoms with Gasteiger partial charge in [-0.3, -0.25) is 4.84 Å². The molecule has 0 aromatic carbocycles. The summed E-state index contributed by atoms with van der Waals surface area (Å²) >= 11 is 0. The molecule has 0 radical (unpaired) electrons. The zero-order valence-corrected chi connectivity index (χ0v) is 6.94. The summed E-state index contributed by atoms with van der Waals surface area (Å²) in [7, 11) is 1.36. The fourth-order valence-corrected chi connectivity index (χ4v) is 0.689. The van der Waals surface area contributed by atoms with Gasteiger partial charge in [0.1, 0.15) is 0 Å². The Kier molecular flexibility index (Phi) is 4.85. The van der Waals surface area contributed by atoms with Gasteiger partial charge in [-0.05, 0) is 6.08 Å². The fraction of sp³-hybridized carbons (Fsp3) is 0.500. The number of halogens is 1. The predicted octanol–water partition coefficient (Wildman–Crippen LogP) is 0.0424. The molecule has 0 atom stereocenters. The highest BCUT2D eigenvalue weighted by atomic mass is 35.5. The first kappa shape index (κ1) is 10.4. The van der Waals surface area contributed by atoms with E-state index < -0.39 is 0 Å². The molecule has 0 spiro atoms. The first-order chi connectivity index (χ1) is 4.84. The van der Waals surface area contributed by atoms with E-state index >= 15 is 0 Å². The van der Waals surface area contributed by atoms with E-state index in [0.29, 0.717) is 18.7 Å². The molecule has 4 nitrogen and oxygen atoms in total. The zero-order valence-electron chi connectivity index (χ0n) is 6.12. The molecule has 1 N–H and O–H groups in total. The largest absolute Gasteiger partial charge is 0.466 e.